The SMILES string of the molecule is CCCCNC(=O)N1CCC(OC2CNC2)CC1. The first kappa shape index (κ1) is 13.6. The molecule has 104 valence electrons. The molecule has 0 bridgehead atoms. The molecule has 18 heavy (non-hydrogen) atoms. The second-order valence-electron chi connectivity index (χ2n) is 5.19. The van der Waals surface area contributed by atoms with Gasteiger partial charge in [-0.05, 0) is 19.3 Å². The van der Waals surface area contributed by atoms with Crippen LogP contribution in [0.15, 0.2) is 0 Å². The molecule has 0 aromatic carbocycles. The van der Waals surface area contributed by atoms with Gasteiger partial charge in [0.25, 0.3) is 0 Å². The van der Waals surface area contributed by atoms with E-state index in [-0.39, 0.29) is 6.03 Å². The van der Waals surface area contributed by atoms with E-state index in [2.05, 4.69) is 17.6 Å². The van der Waals surface area contributed by atoms with Crippen LogP contribution in [-0.2, 0) is 4.74 Å². The molecule has 0 atom stereocenters. The monoisotopic (exact) mass is 255 g/mol. The van der Waals surface area contributed by atoms with Crippen molar-refractivity contribution in [3.63, 3.8) is 0 Å². The zero-order valence-electron chi connectivity index (χ0n) is 11.3. The molecular weight excluding hydrogens is 230 g/mol. The summed E-state index contributed by atoms with van der Waals surface area (Å²) >= 11 is 0. The Kier molecular flexibility index (Phi) is 5.26. The van der Waals surface area contributed by atoms with Crippen LogP contribution in [0.25, 0.3) is 0 Å². The number of likely N-dealkylation sites (tertiary alicyclic amines) is 1. The quantitative estimate of drug-likeness (QED) is 0.719. The van der Waals surface area contributed by atoms with Gasteiger partial charge < -0.3 is 20.3 Å². The first-order chi connectivity index (χ1) is 8.79. The number of ether oxygens (including phenoxy) is 1. The lowest BCUT2D eigenvalue weighted by molar-refractivity contribution is -0.0579. The fourth-order valence-corrected chi connectivity index (χ4v) is 2.31. The Morgan fingerprint density at radius 1 is 1.33 bits per heavy atom. The third-order valence-corrected chi connectivity index (χ3v) is 3.66. The van der Waals surface area contributed by atoms with Crippen LogP contribution in [-0.4, -0.2) is 55.9 Å². The van der Waals surface area contributed by atoms with Gasteiger partial charge in [0, 0.05) is 32.7 Å². The summed E-state index contributed by atoms with van der Waals surface area (Å²) in [5.41, 5.74) is 0. The summed E-state index contributed by atoms with van der Waals surface area (Å²) < 4.78 is 5.93. The van der Waals surface area contributed by atoms with Crippen molar-refractivity contribution in [2.24, 2.45) is 0 Å². The molecule has 2 aliphatic heterocycles. The van der Waals surface area contributed by atoms with Crippen molar-refractivity contribution >= 4 is 6.03 Å². The van der Waals surface area contributed by atoms with Crippen molar-refractivity contribution in [2.75, 3.05) is 32.7 Å². The molecule has 0 aliphatic carbocycles. The van der Waals surface area contributed by atoms with Crippen LogP contribution in [0.5, 0.6) is 0 Å². The molecule has 0 saturated carbocycles. The van der Waals surface area contributed by atoms with Crippen LogP contribution in [0.1, 0.15) is 32.6 Å². The average molecular weight is 255 g/mol. The number of hydrogen-bond donors (Lipinski definition) is 2. The number of amides is 2. The minimum atomic E-state index is 0.0900. The summed E-state index contributed by atoms with van der Waals surface area (Å²) in [4.78, 5) is 13.7. The van der Waals surface area contributed by atoms with E-state index in [1.807, 2.05) is 4.90 Å². The lowest BCUT2D eigenvalue weighted by Crippen LogP contribution is -2.52. The third kappa shape index (κ3) is 3.85. The third-order valence-electron chi connectivity index (χ3n) is 3.66. The lowest BCUT2D eigenvalue weighted by atomic mass is 10.1. The second-order valence-corrected chi connectivity index (χ2v) is 5.19. The maximum absolute atomic E-state index is 11.8. The van der Waals surface area contributed by atoms with Crippen LogP contribution >= 0.6 is 0 Å². The minimum Gasteiger partial charge on any atom is -0.372 e. The fraction of sp³-hybridized carbons (Fsp3) is 0.923. The van der Waals surface area contributed by atoms with Crippen molar-refractivity contribution < 1.29 is 9.53 Å². The minimum absolute atomic E-state index is 0.0900. The van der Waals surface area contributed by atoms with Crippen molar-refractivity contribution in [3.05, 3.63) is 0 Å². The number of piperidine rings is 1. The summed E-state index contributed by atoms with van der Waals surface area (Å²) in [6.07, 6.45) is 4.86. The number of carbonyl (C=O) groups excluding carboxylic acids is 1. The van der Waals surface area contributed by atoms with E-state index in [9.17, 15) is 4.79 Å². The molecule has 2 aliphatic rings. The summed E-state index contributed by atoms with van der Waals surface area (Å²) in [5, 5.41) is 6.17. The number of hydrogen-bond acceptors (Lipinski definition) is 3. The normalized spacial score (nSPS) is 21.7. The molecule has 5 heteroatoms. The second kappa shape index (κ2) is 6.95. The van der Waals surface area contributed by atoms with Crippen LogP contribution in [0, 0.1) is 0 Å². The molecule has 0 aromatic rings. The van der Waals surface area contributed by atoms with Gasteiger partial charge in [-0.15, -0.1) is 0 Å². The summed E-state index contributed by atoms with van der Waals surface area (Å²) in [5.74, 6) is 0. The number of unbranched alkanes of at least 4 members (excludes halogenated alkanes) is 1. The van der Waals surface area contributed by atoms with Gasteiger partial charge in [-0.1, -0.05) is 13.3 Å². The van der Waals surface area contributed by atoms with Gasteiger partial charge in [-0.3, -0.25) is 0 Å². The Morgan fingerprint density at radius 2 is 2.06 bits per heavy atom. The Hall–Kier alpha value is -0.810. The van der Waals surface area contributed by atoms with Gasteiger partial charge >= 0.3 is 6.03 Å². The van der Waals surface area contributed by atoms with Crippen LogP contribution < -0.4 is 10.6 Å². The summed E-state index contributed by atoms with van der Waals surface area (Å²) in [6, 6.07) is 0.0900. The molecule has 2 fully saturated rings. The number of nitrogens with one attached hydrogen (secondary N) is 2. The van der Waals surface area contributed by atoms with E-state index >= 15 is 0 Å². The van der Waals surface area contributed by atoms with Crippen LogP contribution in [0.2, 0.25) is 0 Å². The molecule has 0 radical (unpaired) electrons. The Labute approximate surface area is 109 Å². The van der Waals surface area contributed by atoms with Crippen molar-refractivity contribution in [1.82, 2.24) is 15.5 Å². The molecule has 2 saturated heterocycles. The van der Waals surface area contributed by atoms with Gasteiger partial charge in [0.15, 0.2) is 0 Å². The highest BCUT2D eigenvalue weighted by Crippen LogP contribution is 2.16. The summed E-state index contributed by atoms with van der Waals surface area (Å²) in [6.45, 7) is 6.53. The zero-order valence-corrected chi connectivity index (χ0v) is 11.3. The topological polar surface area (TPSA) is 53.6 Å². The maximum Gasteiger partial charge on any atom is 0.317 e. The van der Waals surface area contributed by atoms with E-state index in [0.717, 1.165) is 58.4 Å². The highest BCUT2D eigenvalue weighted by atomic mass is 16.5. The lowest BCUT2D eigenvalue weighted by Gasteiger charge is -2.36. The largest absolute Gasteiger partial charge is 0.372 e. The molecule has 0 aromatic heterocycles. The van der Waals surface area contributed by atoms with E-state index in [4.69, 9.17) is 4.74 Å². The molecule has 5 nitrogen and oxygen atoms in total. The van der Waals surface area contributed by atoms with Crippen molar-refractivity contribution in [1.29, 1.82) is 0 Å². The van der Waals surface area contributed by atoms with Gasteiger partial charge in [0.1, 0.15) is 0 Å². The highest BCUT2D eigenvalue weighted by Gasteiger charge is 2.27. The fourth-order valence-electron chi connectivity index (χ4n) is 2.31. The Balaban J connectivity index is 1.61. The number of carbonyl (C=O) groups is 1. The van der Waals surface area contributed by atoms with Crippen molar-refractivity contribution in [3.8, 4) is 0 Å². The molecule has 0 unspecified atom stereocenters. The first-order valence-electron chi connectivity index (χ1n) is 7.18. The van der Waals surface area contributed by atoms with E-state index in [0.29, 0.717) is 12.2 Å². The molecule has 2 heterocycles. The Bertz CT molecular complexity index is 261. The van der Waals surface area contributed by atoms with Crippen molar-refractivity contribution in [2.45, 2.75) is 44.8 Å². The molecular formula is C13H25N3O2. The highest BCUT2D eigenvalue weighted by molar-refractivity contribution is 5.74. The molecule has 2 N–H and O–H groups in total. The van der Waals surface area contributed by atoms with Gasteiger partial charge in [-0.2, -0.15) is 0 Å². The number of nitrogens with zero attached hydrogens (tertiary/aromatic N) is 1. The van der Waals surface area contributed by atoms with Gasteiger partial charge in [-0.25, -0.2) is 4.79 Å². The number of urea groups is 1. The Morgan fingerprint density at radius 3 is 2.61 bits per heavy atom. The smallest absolute Gasteiger partial charge is 0.317 e. The van der Waals surface area contributed by atoms with Crippen LogP contribution in [0.3, 0.4) is 0 Å². The van der Waals surface area contributed by atoms with Gasteiger partial charge in [0.05, 0.1) is 12.2 Å². The molecule has 2 amide bonds. The number of rotatable bonds is 5. The predicted molar refractivity (Wildman–Crippen MR) is 70.6 cm³/mol. The van der Waals surface area contributed by atoms with E-state index in [1.165, 1.54) is 0 Å². The molecule has 2 rings (SSSR count). The summed E-state index contributed by atoms with van der Waals surface area (Å²) in [7, 11) is 0. The first-order valence-corrected chi connectivity index (χ1v) is 7.18. The standard InChI is InChI=1S/C13H25N3O2/c1-2-3-6-15-13(17)16-7-4-11(5-8-16)18-12-9-14-10-12/h11-12,14H,2-10H2,1H3,(H,15,17). The van der Waals surface area contributed by atoms with Gasteiger partial charge in [0.2, 0.25) is 0 Å². The molecule has 0 spiro atoms. The average Bonchev–Trinajstić information content (AvgIpc) is 2.35. The van der Waals surface area contributed by atoms with Crippen LogP contribution in [0.4, 0.5) is 4.79 Å². The zero-order chi connectivity index (χ0) is 12.8. The van der Waals surface area contributed by atoms with E-state index < -0.39 is 0 Å². The predicted octanol–water partition coefficient (Wildman–Crippen LogP) is 0.949. The maximum atomic E-state index is 11.8. The van der Waals surface area contributed by atoms with E-state index in [1.54, 1.807) is 0 Å².